The SMILES string of the molecule is COC(=O)CCCCOCSSC(C)(C)CCC(=O)CCCN(C)C(=O)c1ccccc1C1=C2C=CC(=[N+](C)C)C=C2[Si](C)(C)c2cc(N(C)C)ccc21. The van der Waals surface area contributed by atoms with Gasteiger partial charge >= 0.3 is 5.97 Å². The molecule has 0 unspecified atom stereocenters. The molecule has 0 N–H and O–H groups in total. The van der Waals surface area contributed by atoms with Gasteiger partial charge in [0.05, 0.1) is 7.11 Å². The second-order valence-corrected chi connectivity index (χ2v) is 23.0. The zero-order chi connectivity index (χ0) is 39.6. The minimum atomic E-state index is -2.11. The average molecular weight is 791 g/mol. The summed E-state index contributed by atoms with van der Waals surface area (Å²) < 4.78 is 12.4. The summed E-state index contributed by atoms with van der Waals surface area (Å²) in [7, 11) is 12.9. The van der Waals surface area contributed by atoms with Crippen molar-refractivity contribution in [1.82, 2.24) is 4.90 Å². The minimum absolute atomic E-state index is 0.0363. The van der Waals surface area contributed by atoms with E-state index in [4.69, 9.17) is 4.74 Å². The summed E-state index contributed by atoms with van der Waals surface area (Å²) in [4.78, 5) is 42.3. The van der Waals surface area contributed by atoms with Gasteiger partial charge in [-0.05, 0) is 96.5 Å². The number of hydrogen-bond acceptors (Lipinski definition) is 8. The molecule has 1 aliphatic heterocycles. The van der Waals surface area contributed by atoms with E-state index in [1.807, 2.05) is 25.2 Å². The molecule has 0 saturated carbocycles. The first kappa shape index (κ1) is 43.3. The quantitative estimate of drug-likeness (QED) is 0.0355. The topological polar surface area (TPSA) is 79.2 Å². The molecule has 0 radical (unpaired) electrons. The van der Waals surface area contributed by atoms with Gasteiger partial charge in [0.15, 0.2) is 5.71 Å². The second-order valence-electron chi connectivity index (χ2n) is 15.7. The Morgan fingerprint density at radius 1 is 0.907 bits per heavy atom. The molecule has 0 bridgehead atoms. The summed E-state index contributed by atoms with van der Waals surface area (Å²) in [5.74, 6) is 0.569. The predicted octanol–water partition coefficient (Wildman–Crippen LogP) is 7.91. The van der Waals surface area contributed by atoms with Crippen molar-refractivity contribution < 1.29 is 28.4 Å². The first-order valence-corrected chi connectivity index (χ1v) is 24.2. The van der Waals surface area contributed by atoms with Crippen molar-refractivity contribution in [3.05, 3.63) is 88.2 Å². The number of fused-ring (bicyclic) bond motifs is 2. The lowest BCUT2D eigenvalue weighted by Gasteiger charge is -2.38. The molecule has 0 atom stereocenters. The van der Waals surface area contributed by atoms with E-state index in [9.17, 15) is 14.4 Å². The molecule has 1 amide bonds. The molecule has 0 fully saturated rings. The highest BCUT2D eigenvalue weighted by Crippen LogP contribution is 2.43. The fourth-order valence-electron chi connectivity index (χ4n) is 6.84. The third-order valence-corrected chi connectivity index (χ3v) is 16.8. The molecule has 2 aliphatic rings. The molecule has 0 spiro atoms. The Morgan fingerprint density at radius 2 is 1.65 bits per heavy atom. The molecule has 54 heavy (non-hydrogen) atoms. The van der Waals surface area contributed by atoms with Gasteiger partial charge in [-0.25, -0.2) is 4.58 Å². The Labute approximate surface area is 332 Å². The summed E-state index contributed by atoms with van der Waals surface area (Å²) in [5, 5.41) is 2.75. The van der Waals surface area contributed by atoms with Gasteiger partial charge in [0, 0.05) is 81.7 Å². The molecule has 2 aromatic carbocycles. The summed E-state index contributed by atoms with van der Waals surface area (Å²) in [6.45, 7) is 10.3. The normalized spacial score (nSPS) is 14.6. The maximum absolute atomic E-state index is 14.2. The number of ketones is 1. The Balaban J connectivity index is 1.40. The maximum Gasteiger partial charge on any atom is 0.305 e. The summed E-state index contributed by atoms with van der Waals surface area (Å²) >= 11 is 0. The highest BCUT2D eigenvalue weighted by atomic mass is 33.1. The number of unbranched alkanes of at least 4 members (excludes halogenated alkanes) is 1. The lowest BCUT2D eigenvalue weighted by molar-refractivity contribution is -0.462. The number of methoxy groups -OCH3 is 1. The van der Waals surface area contributed by atoms with Gasteiger partial charge in [-0.3, -0.25) is 14.4 Å². The molecule has 1 heterocycles. The van der Waals surface area contributed by atoms with Crippen LogP contribution in [0.2, 0.25) is 13.1 Å². The molecule has 2 aromatic rings. The highest BCUT2D eigenvalue weighted by Gasteiger charge is 2.41. The highest BCUT2D eigenvalue weighted by molar-refractivity contribution is 8.77. The number of rotatable bonds is 19. The standard InChI is InChI=1S/C43H60N3O5S2Si/c1-43(2,53-52-30-51-27-14-13-19-40(48)50-8)25-24-33(47)16-15-26-46(7)42(49)35-18-12-11-17-34(35)41-36-22-20-31(44(3)4)28-38(36)54(9,10)39-29-32(45(5)6)21-23-37(39)41/h11-12,17-18,20-23,28-29H,13-16,19,24-27,30H2,1-10H3/q+1. The van der Waals surface area contributed by atoms with Crippen molar-refractivity contribution in [3.8, 4) is 0 Å². The van der Waals surface area contributed by atoms with Crippen LogP contribution < -0.4 is 10.1 Å². The maximum atomic E-state index is 14.2. The third kappa shape index (κ3) is 11.1. The predicted molar refractivity (Wildman–Crippen MR) is 231 cm³/mol. The van der Waals surface area contributed by atoms with Crippen LogP contribution in [0.5, 0.6) is 0 Å². The number of carbonyl (C=O) groups excluding carboxylic acids is 3. The molecule has 0 aromatic heterocycles. The van der Waals surface area contributed by atoms with Crippen LogP contribution in [-0.2, 0) is 19.1 Å². The van der Waals surface area contributed by atoms with Crippen molar-refractivity contribution in [1.29, 1.82) is 0 Å². The van der Waals surface area contributed by atoms with Crippen LogP contribution in [0.15, 0.2) is 71.5 Å². The second kappa shape index (κ2) is 19.5. The van der Waals surface area contributed by atoms with Gasteiger partial charge in [-0.1, -0.05) is 58.9 Å². The number of benzene rings is 2. The molecular formula is C43H60N3O5S2Si+. The van der Waals surface area contributed by atoms with Gasteiger partial charge < -0.3 is 19.3 Å². The fourth-order valence-corrected chi connectivity index (χ4v) is 12.2. The van der Waals surface area contributed by atoms with Crippen molar-refractivity contribution >= 4 is 69.5 Å². The number of Topliss-reactive ketones (excluding diaryl/α,β-unsaturated/α-hetero) is 1. The van der Waals surface area contributed by atoms with Gasteiger partial charge in [0.25, 0.3) is 5.91 Å². The molecule has 292 valence electrons. The zero-order valence-corrected chi connectivity index (χ0v) is 36.7. The van der Waals surface area contributed by atoms with E-state index in [-0.39, 0.29) is 22.4 Å². The average Bonchev–Trinajstić information content (AvgIpc) is 3.14. The number of esters is 1. The minimum Gasteiger partial charge on any atom is -0.469 e. The molecule has 4 rings (SSSR count). The molecule has 11 heteroatoms. The molecule has 8 nitrogen and oxygen atoms in total. The summed E-state index contributed by atoms with van der Waals surface area (Å²) in [6.07, 6.45) is 11.1. The number of anilines is 1. The van der Waals surface area contributed by atoms with Gasteiger partial charge in [-0.2, -0.15) is 0 Å². The van der Waals surface area contributed by atoms with Crippen LogP contribution in [-0.4, -0.2) is 107 Å². The monoisotopic (exact) mass is 790 g/mol. The number of nitrogens with zero attached hydrogens (tertiary/aromatic N) is 3. The Morgan fingerprint density at radius 3 is 2.35 bits per heavy atom. The molecule has 1 aliphatic carbocycles. The molecular weight excluding hydrogens is 731 g/mol. The fraction of sp³-hybridized carbons (Fsp3) is 0.488. The van der Waals surface area contributed by atoms with E-state index in [1.54, 1.807) is 26.5 Å². The number of hydrogen-bond donors (Lipinski definition) is 0. The van der Waals surface area contributed by atoms with E-state index >= 15 is 0 Å². The van der Waals surface area contributed by atoms with Crippen LogP contribution in [0.1, 0.15) is 80.3 Å². The van der Waals surface area contributed by atoms with Gasteiger partial charge in [0.2, 0.25) is 0 Å². The number of ether oxygens (including phenoxy) is 2. The van der Waals surface area contributed by atoms with E-state index in [0.717, 1.165) is 30.4 Å². The van der Waals surface area contributed by atoms with Crippen molar-refractivity contribution in [3.63, 3.8) is 0 Å². The van der Waals surface area contributed by atoms with E-state index < -0.39 is 8.07 Å². The van der Waals surface area contributed by atoms with Gasteiger partial charge in [0.1, 0.15) is 33.9 Å². The summed E-state index contributed by atoms with van der Waals surface area (Å²) in [6, 6.07) is 14.8. The Hall–Kier alpha value is -3.38. The number of allylic oxidation sites excluding steroid dienone is 5. The zero-order valence-electron chi connectivity index (χ0n) is 34.0. The van der Waals surface area contributed by atoms with E-state index in [2.05, 4.69) is 112 Å². The van der Waals surface area contributed by atoms with Crippen LogP contribution in [0, 0.1) is 0 Å². The smallest absolute Gasteiger partial charge is 0.305 e. The van der Waals surface area contributed by atoms with E-state index in [0.29, 0.717) is 50.3 Å². The number of amides is 1. The largest absolute Gasteiger partial charge is 0.469 e. The molecule has 0 saturated heterocycles. The van der Waals surface area contributed by atoms with Crippen molar-refractivity contribution in [2.75, 3.05) is 66.3 Å². The van der Waals surface area contributed by atoms with Gasteiger partial charge in [-0.15, -0.1) is 0 Å². The summed E-state index contributed by atoms with van der Waals surface area (Å²) in [5.41, 5.74) is 7.48. The third-order valence-electron chi connectivity index (χ3n) is 10.2. The van der Waals surface area contributed by atoms with Crippen LogP contribution >= 0.6 is 21.6 Å². The Kier molecular flexibility index (Phi) is 15.6. The van der Waals surface area contributed by atoms with E-state index in [1.165, 1.54) is 40.0 Å². The lowest BCUT2D eigenvalue weighted by Crippen LogP contribution is -2.49. The lowest BCUT2D eigenvalue weighted by atomic mass is 9.87. The Bertz CT molecular complexity index is 1820. The first-order valence-electron chi connectivity index (χ1n) is 18.9. The van der Waals surface area contributed by atoms with Crippen LogP contribution in [0.4, 0.5) is 5.69 Å². The first-order chi connectivity index (χ1) is 25.6. The van der Waals surface area contributed by atoms with Crippen LogP contribution in [0.25, 0.3) is 5.57 Å². The van der Waals surface area contributed by atoms with Crippen molar-refractivity contribution in [2.45, 2.75) is 76.6 Å². The van der Waals surface area contributed by atoms with Crippen molar-refractivity contribution in [2.24, 2.45) is 0 Å². The number of carbonyl (C=O) groups is 3. The van der Waals surface area contributed by atoms with Crippen LogP contribution in [0.3, 0.4) is 0 Å².